The van der Waals surface area contributed by atoms with Crippen LogP contribution in [0.1, 0.15) is 12.8 Å². The number of hydrogen-bond donors (Lipinski definition) is 1. The van der Waals surface area contributed by atoms with Crippen molar-refractivity contribution in [2.45, 2.75) is 12.8 Å². The minimum absolute atomic E-state index is 0.143. The van der Waals surface area contributed by atoms with Gasteiger partial charge in [0.2, 0.25) is 0 Å². The highest BCUT2D eigenvalue weighted by Crippen LogP contribution is 1.87. The topological polar surface area (TPSA) is 20.2 Å². The third-order valence-corrected chi connectivity index (χ3v) is 0.618. The van der Waals surface area contributed by atoms with E-state index in [1.54, 1.807) is 0 Å². The first-order valence-corrected chi connectivity index (χ1v) is 2.28. The average Bonchev–Trinajstić information content (AvgIpc) is 1.69. The van der Waals surface area contributed by atoms with Crippen LogP contribution in [-0.4, -0.2) is 11.7 Å². The third-order valence-electron chi connectivity index (χ3n) is 0.618. The molecular formula is C5H9FO. The van der Waals surface area contributed by atoms with Crippen molar-refractivity contribution < 1.29 is 9.50 Å². The van der Waals surface area contributed by atoms with Gasteiger partial charge in [0.15, 0.2) is 0 Å². The zero-order chi connectivity index (χ0) is 5.54. The lowest BCUT2D eigenvalue weighted by Gasteiger charge is -1.82. The molecule has 0 spiro atoms. The molecule has 0 aromatic carbocycles. The number of unbranched alkanes of at least 4 members (excludes halogenated alkanes) is 1. The van der Waals surface area contributed by atoms with Crippen LogP contribution in [0.3, 0.4) is 0 Å². The molecule has 0 aliphatic heterocycles. The summed E-state index contributed by atoms with van der Waals surface area (Å²) in [6.45, 7) is 0.143. The fraction of sp³-hybridized carbons (Fsp3) is 0.600. The lowest BCUT2D eigenvalue weighted by Crippen LogP contribution is -1.77. The van der Waals surface area contributed by atoms with Gasteiger partial charge in [-0.15, -0.1) is 0 Å². The zero-order valence-electron chi connectivity index (χ0n) is 4.10. The molecule has 0 radical (unpaired) electrons. The van der Waals surface area contributed by atoms with Gasteiger partial charge in [0.1, 0.15) is 0 Å². The van der Waals surface area contributed by atoms with Crippen molar-refractivity contribution in [2.75, 3.05) is 6.61 Å². The van der Waals surface area contributed by atoms with Crippen LogP contribution < -0.4 is 0 Å². The summed E-state index contributed by atoms with van der Waals surface area (Å²) >= 11 is 0. The third kappa shape index (κ3) is 5.63. The van der Waals surface area contributed by atoms with Crippen molar-refractivity contribution in [1.82, 2.24) is 0 Å². The van der Waals surface area contributed by atoms with Crippen molar-refractivity contribution in [3.8, 4) is 0 Å². The second-order valence-electron chi connectivity index (χ2n) is 1.23. The molecule has 0 saturated carbocycles. The van der Waals surface area contributed by atoms with E-state index in [0.717, 1.165) is 0 Å². The average molecular weight is 104 g/mol. The summed E-state index contributed by atoms with van der Waals surface area (Å²) in [4.78, 5) is 0. The van der Waals surface area contributed by atoms with Gasteiger partial charge >= 0.3 is 0 Å². The van der Waals surface area contributed by atoms with Crippen molar-refractivity contribution >= 4 is 0 Å². The van der Waals surface area contributed by atoms with Crippen LogP contribution in [0.15, 0.2) is 12.4 Å². The Morgan fingerprint density at radius 3 is 2.71 bits per heavy atom. The first-order chi connectivity index (χ1) is 3.41. The maximum atomic E-state index is 11.1. The maximum absolute atomic E-state index is 11.1. The Labute approximate surface area is 42.5 Å². The largest absolute Gasteiger partial charge is 0.396 e. The maximum Gasteiger partial charge on any atom is 0.0827 e. The molecule has 0 rings (SSSR count). The van der Waals surface area contributed by atoms with Gasteiger partial charge in [-0.25, -0.2) is 4.39 Å². The van der Waals surface area contributed by atoms with Crippen LogP contribution in [0.4, 0.5) is 4.39 Å². The normalized spacial score (nSPS) is 10.6. The quantitative estimate of drug-likeness (QED) is 0.534. The lowest BCUT2D eigenvalue weighted by molar-refractivity contribution is 0.289. The van der Waals surface area contributed by atoms with Crippen LogP contribution >= 0.6 is 0 Å². The standard InChI is InChI=1S/C5H9FO/c6-4-2-1-3-5-7/h2,4,7H,1,3,5H2. The molecule has 0 amide bonds. The molecule has 0 aliphatic rings. The Hall–Kier alpha value is -0.370. The monoisotopic (exact) mass is 104 g/mol. The van der Waals surface area contributed by atoms with E-state index in [2.05, 4.69) is 0 Å². The van der Waals surface area contributed by atoms with Gasteiger partial charge in [0.05, 0.1) is 6.33 Å². The van der Waals surface area contributed by atoms with E-state index in [-0.39, 0.29) is 6.61 Å². The Morgan fingerprint density at radius 1 is 1.57 bits per heavy atom. The summed E-state index contributed by atoms with van der Waals surface area (Å²) in [6.07, 6.45) is 3.17. The number of aliphatic hydroxyl groups excluding tert-OH is 1. The second kappa shape index (κ2) is 5.63. The minimum Gasteiger partial charge on any atom is -0.396 e. The van der Waals surface area contributed by atoms with E-state index in [4.69, 9.17) is 5.11 Å². The highest BCUT2D eigenvalue weighted by atomic mass is 19.1. The molecule has 0 saturated heterocycles. The summed E-state index contributed by atoms with van der Waals surface area (Å²) in [5.74, 6) is 0. The van der Waals surface area contributed by atoms with Crippen LogP contribution in [0, 0.1) is 0 Å². The van der Waals surface area contributed by atoms with E-state index < -0.39 is 0 Å². The molecule has 1 N–H and O–H groups in total. The molecular weight excluding hydrogens is 95.1 g/mol. The van der Waals surface area contributed by atoms with E-state index in [1.165, 1.54) is 6.08 Å². The summed E-state index contributed by atoms with van der Waals surface area (Å²) in [5.41, 5.74) is 0. The predicted molar refractivity (Wildman–Crippen MR) is 26.6 cm³/mol. The molecule has 42 valence electrons. The fourth-order valence-corrected chi connectivity index (χ4v) is 0.272. The van der Waals surface area contributed by atoms with Gasteiger partial charge in [-0.1, -0.05) is 6.08 Å². The van der Waals surface area contributed by atoms with Gasteiger partial charge in [-0.3, -0.25) is 0 Å². The number of halogens is 1. The number of allylic oxidation sites excluding steroid dienone is 1. The molecule has 0 unspecified atom stereocenters. The van der Waals surface area contributed by atoms with Crippen molar-refractivity contribution in [2.24, 2.45) is 0 Å². The SMILES string of the molecule is OCCCC=CF. The van der Waals surface area contributed by atoms with Gasteiger partial charge < -0.3 is 5.11 Å². The van der Waals surface area contributed by atoms with E-state index in [9.17, 15) is 4.39 Å². The van der Waals surface area contributed by atoms with Crippen LogP contribution in [0.25, 0.3) is 0 Å². The first kappa shape index (κ1) is 6.63. The molecule has 1 nitrogen and oxygen atoms in total. The van der Waals surface area contributed by atoms with Crippen molar-refractivity contribution in [3.05, 3.63) is 12.4 Å². The fourth-order valence-electron chi connectivity index (χ4n) is 0.272. The first-order valence-electron chi connectivity index (χ1n) is 2.28. The Balaban J connectivity index is 2.69. The van der Waals surface area contributed by atoms with E-state index in [1.807, 2.05) is 0 Å². The summed E-state index contributed by atoms with van der Waals surface area (Å²) in [5, 5.41) is 8.14. The molecule has 0 aliphatic carbocycles. The molecule has 0 heterocycles. The van der Waals surface area contributed by atoms with Crippen LogP contribution in [0.2, 0.25) is 0 Å². The van der Waals surface area contributed by atoms with Crippen molar-refractivity contribution in [3.63, 3.8) is 0 Å². The van der Waals surface area contributed by atoms with Gasteiger partial charge in [0, 0.05) is 6.61 Å². The molecule has 0 fully saturated rings. The molecule has 7 heavy (non-hydrogen) atoms. The minimum atomic E-state index is 0.143. The Kier molecular flexibility index (Phi) is 5.33. The summed E-state index contributed by atoms with van der Waals surface area (Å²) in [7, 11) is 0. The van der Waals surface area contributed by atoms with Gasteiger partial charge in [-0.05, 0) is 12.8 Å². The molecule has 0 aromatic heterocycles. The smallest absolute Gasteiger partial charge is 0.0827 e. The predicted octanol–water partition coefficient (Wildman–Crippen LogP) is 1.24. The summed E-state index contributed by atoms with van der Waals surface area (Å²) in [6, 6.07) is 0. The molecule has 0 atom stereocenters. The number of aliphatic hydroxyl groups is 1. The zero-order valence-corrected chi connectivity index (χ0v) is 4.10. The second-order valence-corrected chi connectivity index (χ2v) is 1.23. The van der Waals surface area contributed by atoms with Gasteiger partial charge in [0.25, 0.3) is 0 Å². The molecule has 0 aromatic rings. The Morgan fingerprint density at radius 2 is 2.29 bits per heavy atom. The van der Waals surface area contributed by atoms with Crippen LogP contribution in [0.5, 0.6) is 0 Å². The molecule has 2 heteroatoms. The highest BCUT2D eigenvalue weighted by molar-refractivity contribution is 4.70. The number of hydrogen-bond acceptors (Lipinski definition) is 1. The lowest BCUT2D eigenvalue weighted by atomic mass is 10.3. The van der Waals surface area contributed by atoms with Gasteiger partial charge in [-0.2, -0.15) is 0 Å². The Bertz CT molecular complexity index is 52.0. The van der Waals surface area contributed by atoms with Crippen molar-refractivity contribution in [1.29, 1.82) is 0 Å². The van der Waals surface area contributed by atoms with E-state index in [0.29, 0.717) is 19.2 Å². The van der Waals surface area contributed by atoms with Crippen LogP contribution in [-0.2, 0) is 0 Å². The van der Waals surface area contributed by atoms with E-state index >= 15 is 0 Å². The highest BCUT2D eigenvalue weighted by Gasteiger charge is 1.75. The summed E-state index contributed by atoms with van der Waals surface area (Å²) < 4.78 is 11.1. The molecule has 0 bridgehead atoms. The number of rotatable bonds is 3.